The van der Waals surface area contributed by atoms with E-state index in [1.165, 1.54) is 30.2 Å². The Morgan fingerprint density at radius 1 is 1.38 bits per heavy atom. The average Bonchev–Trinajstić information content (AvgIpc) is 2.43. The normalized spacial score (nSPS) is 15.3. The summed E-state index contributed by atoms with van der Waals surface area (Å²) in [4.78, 5) is 14.0. The number of aryl methyl sites for hydroxylation is 1. The number of halogens is 1. The Bertz CT molecular complexity index is 464. The number of carbonyl (C=O) groups is 1. The lowest BCUT2D eigenvalue weighted by molar-refractivity contribution is -0.116. The lowest BCUT2D eigenvalue weighted by Gasteiger charge is -2.26. The summed E-state index contributed by atoms with van der Waals surface area (Å²) in [5, 5.41) is 2.91. The molecular weight excluding hydrogens is 306 g/mol. The summed E-state index contributed by atoms with van der Waals surface area (Å²) in [5.74, 6) is 2.44. The van der Waals surface area contributed by atoms with Gasteiger partial charge in [0.15, 0.2) is 0 Å². The second kappa shape index (κ2) is 9.30. The minimum atomic E-state index is -0.0172. The summed E-state index contributed by atoms with van der Waals surface area (Å²) in [6.45, 7) is 5.75. The molecule has 0 saturated carbocycles. The second-order valence-electron chi connectivity index (χ2n) is 5.12. The highest BCUT2D eigenvalue weighted by Gasteiger charge is 2.11. The van der Waals surface area contributed by atoms with Crippen molar-refractivity contribution >= 4 is 35.8 Å². The van der Waals surface area contributed by atoms with Crippen molar-refractivity contribution in [3.8, 4) is 0 Å². The van der Waals surface area contributed by atoms with E-state index in [1.54, 1.807) is 0 Å². The topological polar surface area (TPSA) is 58.4 Å². The first kappa shape index (κ1) is 18.3. The minimum absolute atomic E-state index is 0. The maximum absolute atomic E-state index is 11.6. The third-order valence-corrected chi connectivity index (χ3v) is 4.39. The zero-order valence-corrected chi connectivity index (χ0v) is 14.1. The monoisotopic (exact) mass is 329 g/mol. The molecule has 1 aromatic carbocycles. The summed E-state index contributed by atoms with van der Waals surface area (Å²) in [7, 11) is 0. The van der Waals surface area contributed by atoms with Crippen LogP contribution in [-0.4, -0.2) is 41.9 Å². The zero-order chi connectivity index (χ0) is 14.4. The lowest BCUT2D eigenvalue weighted by Crippen LogP contribution is -2.31. The number of thioether (sulfide) groups is 1. The Kier molecular flexibility index (Phi) is 8.11. The van der Waals surface area contributed by atoms with E-state index < -0.39 is 0 Å². The van der Waals surface area contributed by atoms with E-state index in [2.05, 4.69) is 22.3 Å². The van der Waals surface area contributed by atoms with Crippen LogP contribution in [0.3, 0.4) is 0 Å². The van der Waals surface area contributed by atoms with Gasteiger partial charge in [-0.05, 0) is 24.1 Å². The number of rotatable bonds is 5. The number of nitrogens with two attached hydrogens (primary N) is 1. The van der Waals surface area contributed by atoms with Gasteiger partial charge >= 0.3 is 0 Å². The van der Waals surface area contributed by atoms with Gasteiger partial charge in [-0.3, -0.25) is 9.69 Å². The van der Waals surface area contributed by atoms with Gasteiger partial charge in [0, 0.05) is 49.8 Å². The standard InChI is InChI=1S/C15H23N3OS.ClH/c1-12-10-13(11-18-6-8-20-9-7-18)2-3-14(12)17-15(19)4-5-16;/h2-3,10H,4-9,11,16H2,1H3,(H,17,19);1H. The number of amides is 1. The third kappa shape index (κ3) is 5.87. The fraction of sp³-hybridized carbons (Fsp3) is 0.533. The van der Waals surface area contributed by atoms with E-state index in [0.29, 0.717) is 13.0 Å². The number of hydrogen-bond acceptors (Lipinski definition) is 4. The molecule has 1 fully saturated rings. The van der Waals surface area contributed by atoms with Gasteiger partial charge in [-0.2, -0.15) is 11.8 Å². The first-order valence-electron chi connectivity index (χ1n) is 7.08. The summed E-state index contributed by atoms with van der Waals surface area (Å²) in [6.07, 6.45) is 0.368. The lowest BCUT2D eigenvalue weighted by atomic mass is 10.1. The number of nitrogens with one attached hydrogen (secondary N) is 1. The Balaban J connectivity index is 0.00000220. The zero-order valence-electron chi connectivity index (χ0n) is 12.4. The summed E-state index contributed by atoms with van der Waals surface area (Å²) in [6, 6.07) is 6.27. The van der Waals surface area contributed by atoms with E-state index in [-0.39, 0.29) is 18.3 Å². The number of benzene rings is 1. The van der Waals surface area contributed by atoms with Crippen molar-refractivity contribution in [2.45, 2.75) is 19.9 Å². The fourth-order valence-corrected chi connectivity index (χ4v) is 3.30. The molecule has 1 aliphatic heterocycles. The minimum Gasteiger partial charge on any atom is -0.330 e. The maximum atomic E-state index is 11.6. The molecule has 1 saturated heterocycles. The molecule has 0 aliphatic carbocycles. The first-order valence-corrected chi connectivity index (χ1v) is 8.24. The number of anilines is 1. The van der Waals surface area contributed by atoms with Gasteiger partial charge in [-0.25, -0.2) is 0 Å². The molecule has 1 amide bonds. The van der Waals surface area contributed by atoms with Crippen LogP contribution in [0.2, 0.25) is 0 Å². The number of hydrogen-bond donors (Lipinski definition) is 2. The van der Waals surface area contributed by atoms with E-state index in [1.807, 2.05) is 24.8 Å². The van der Waals surface area contributed by atoms with Crippen LogP contribution in [-0.2, 0) is 11.3 Å². The summed E-state index contributed by atoms with van der Waals surface area (Å²) in [5.41, 5.74) is 8.69. The number of nitrogens with zero attached hydrogens (tertiary/aromatic N) is 1. The van der Waals surface area contributed by atoms with Gasteiger partial charge in [-0.1, -0.05) is 12.1 Å². The van der Waals surface area contributed by atoms with Crippen molar-refractivity contribution in [3.63, 3.8) is 0 Å². The van der Waals surface area contributed by atoms with Crippen LogP contribution in [0.25, 0.3) is 0 Å². The quantitative estimate of drug-likeness (QED) is 0.870. The SMILES string of the molecule is Cc1cc(CN2CCSCC2)ccc1NC(=O)CCN.Cl. The van der Waals surface area contributed by atoms with E-state index in [9.17, 15) is 4.79 Å². The van der Waals surface area contributed by atoms with Crippen LogP contribution in [0.1, 0.15) is 17.5 Å². The second-order valence-corrected chi connectivity index (χ2v) is 6.35. The molecular formula is C15H24ClN3OS. The highest BCUT2D eigenvalue weighted by molar-refractivity contribution is 7.99. The van der Waals surface area contributed by atoms with Gasteiger partial charge < -0.3 is 11.1 Å². The van der Waals surface area contributed by atoms with Gasteiger partial charge in [0.2, 0.25) is 5.91 Å². The molecule has 0 atom stereocenters. The van der Waals surface area contributed by atoms with Crippen molar-refractivity contribution < 1.29 is 4.79 Å². The van der Waals surface area contributed by atoms with Crippen LogP contribution >= 0.6 is 24.2 Å². The van der Waals surface area contributed by atoms with E-state index in [0.717, 1.165) is 17.8 Å². The van der Waals surface area contributed by atoms with Crippen LogP contribution < -0.4 is 11.1 Å². The van der Waals surface area contributed by atoms with Crippen molar-refractivity contribution in [3.05, 3.63) is 29.3 Å². The maximum Gasteiger partial charge on any atom is 0.225 e. The summed E-state index contributed by atoms with van der Waals surface area (Å²) >= 11 is 2.03. The molecule has 1 heterocycles. The average molecular weight is 330 g/mol. The van der Waals surface area contributed by atoms with E-state index in [4.69, 9.17) is 5.73 Å². The van der Waals surface area contributed by atoms with Crippen molar-refractivity contribution in [2.75, 3.05) is 36.5 Å². The molecule has 118 valence electrons. The largest absolute Gasteiger partial charge is 0.330 e. The summed E-state index contributed by atoms with van der Waals surface area (Å²) < 4.78 is 0. The molecule has 0 aromatic heterocycles. The Hall–Kier alpha value is -0.750. The molecule has 1 aromatic rings. The van der Waals surface area contributed by atoms with Crippen LogP contribution in [0.5, 0.6) is 0 Å². The Labute approximate surface area is 137 Å². The molecule has 0 spiro atoms. The van der Waals surface area contributed by atoms with Gasteiger partial charge in [0.1, 0.15) is 0 Å². The van der Waals surface area contributed by atoms with Crippen LogP contribution in [0.15, 0.2) is 18.2 Å². The molecule has 4 nitrogen and oxygen atoms in total. The van der Waals surface area contributed by atoms with Gasteiger partial charge in [0.05, 0.1) is 0 Å². The molecule has 0 unspecified atom stereocenters. The van der Waals surface area contributed by atoms with Crippen molar-refractivity contribution in [1.82, 2.24) is 4.90 Å². The van der Waals surface area contributed by atoms with Gasteiger partial charge in [-0.15, -0.1) is 12.4 Å². The van der Waals surface area contributed by atoms with Gasteiger partial charge in [0.25, 0.3) is 0 Å². The van der Waals surface area contributed by atoms with E-state index >= 15 is 0 Å². The predicted octanol–water partition coefficient (Wildman–Crippen LogP) is 2.25. The molecule has 21 heavy (non-hydrogen) atoms. The molecule has 0 bridgehead atoms. The molecule has 0 radical (unpaired) electrons. The van der Waals surface area contributed by atoms with Crippen LogP contribution in [0, 0.1) is 6.92 Å². The number of carbonyl (C=O) groups excluding carboxylic acids is 1. The molecule has 6 heteroatoms. The molecule has 2 rings (SSSR count). The fourth-order valence-electron chi connectivity index (χ4n) is 2.33. The van der Waals surface area contributed by atoms with Crippen LogP contribution in [0.4, 0.5) is 5.69 Å². The Morgan fingerprint density at radius 2 is 2.10 bits per heavy atom. The van der Waals surface area contributed by atoms with Crippen molar-refractivity contribution in [1.29, 1.82) is 0 Å². The third-order valence-electron chi connectivity index (χ3n) is 3.45. The smallest absolute Gasteiger partial charge is 0.225 e. The first-order chi connectivity index (χ1) is 9.69. The Morgan fingerprint density at radius 3 is 2.71 bits per heavy atom. The molecule has 3 N–H and O–H groups in total. The predicted molar refractivity (Wildman–Crippen MR) is 93.3 cm³/mol. The highest BCUT2D eigenvalue weighted by atomic mass is 35.5. The molecule has 1 aliphatic rings. The van der Waals surface area contributed by atoms with Crippen molar-refractivity contribution in [2.24, 2.45) is 5.73 Å². The highest BCUT2D eigenvalue weighted by Crippen LogP contribution is 2.19.